The molecule has 12 heteroatoms. The summed E-state index contributed by atoms with van der Waals surface area (Å²) in [6, 6.07) is 25.2. The summed E-state index contributed by atoms with van der Waals surface area (Å²) in [4.78, 5) is 62.0. The number of nitrogens with zero attached hydrogens (tertiary/aromatic N) is 2. The van der Waals surface area contributed by atoms with Gasteiger partial charge in [0.25, 0.3) is 5.91 Å². The standard InChI is InChI=1S/C47H57N5O6S/c1-30(2)41-42(53)49-40(29-57-28-35-15-12-11-14-34(35)27-47(6,7)59-36-16-9-8-10-17-36)43(54)52-25-13-18-38(51-52)44(55)58-31(3)37-22-21-33-20-19-32(26-39(33)48-37)23-24-46(4,5)45(56)50-41/h8-12,14-17,19-24,26,30-31,38,40-41,51H,13,18,25,27-29H2,1-7H3,(H,49,53)(H,50,56)/p+1/b24-23+/t31-,38+,40?,41?/m1/s1. The maximum atomic E-state index is 14.4. The van der Waals surface area contributed by atoms with Crippen molar-refractivity contribution in [3.8, 4) is 0 Å². The van der Waals surface area contributed by atoms with E-state index in [9.17, 15) is 19.2 Å². The lowest BCUT2D eigenvalue weighted by Crippen LogP contribution is -2.62. The lowest BCUT2D eigenvalue weighted by molar-refractivity contribution is -0.157. The molecule has 1 aromatic heterocycles. The van der Waals surface area contributed by atoms with Crippen LogP contribution in [0.4, 0.5) is 0 Å². The molecule has 0 spiro atoms. The molecule has 3 aromatic carbocycles. The summed E-state index contributed by atoms with van der Waals surface area (Å²) in [5.74, 6) is -2.13. The number of cyclic esters (lactones) is 1. The van der Waals surface area contributed by atoms with Crippen molar-refractivity contribution in [3.05, 3.63) is 113 Å². The third-order valence-corrected chi connectivity index (χ3v) is 12.1. The maximum Gasteiger partial charge on any atom is 0.325 e. The molecule has 2 unspecified atom stereocenters. The Morgan fingerprint density at radius 1 is 0.949 bits per heavy atom. The van der Waals surface area contributed by atoms with E-state index in [4.69, 9.17) is 14.5 Å². The largest absolute Gasteiger partial charge is 0.455 e. The van der Waals surface area contributed by atoms with Crippen molar-refractivity contribution in [3.63, 3.8) is 0 Å². The second-order valence-electron chi connectivity index (χ2n) is 17.1. The summed E-state index contributed by atoms with van der Waals surface area (Å²) in [5, 5.41) is 8.17. The van der Waals surface area contributed by atoms with Gasteiger partial charge in [-0.05, 0) is 94.3 Å². The van der Waals surface area contributed by atoms with Crippen molar-refractivity contribution in [1.29, 1.82) is 0 Å². The van der Waals surface area contributed by atoms with Crippen LogP contribution < -0.4 is 16.1 Å². The zero-order chi connectivity index (χ0) is 42.3. The van der Waals surface area contributed by atoms with Crippen LogP contribution in [-0.4, -0.2) is 69.7 Å². The summed E-state index contributed by atoms with van der Waals surface area (Å²) < 4.78 is 12.1. The number of carbonyl (C=O) groups is 4. The Morgan fingerprint density at radius 3 is 2.41 bits per heavy atom. The van der Waals surface area contributed by atoms with Gasteiger partial charge in [-0.25, -0.2) is 10.4 Å². The maximum absolute atomic E-state index is 14.4. The van der Waals surface area contributed by atoms with E-state index in [1.807, 2.05) is 74.5 Å². The van der Waals surface area contributed by atoms with E-state index < -0.39 is 47.4 Å². The smallest absolute Gasteiger partial charge is 0.325 e. The summed E-state index contributed by atoms with van der Waals surface area (Å²) in [6.07, 6.45) is 4.79. The molecule has 59 heavy (non-hydrogen) atoms. The lowest BCUT2D eigenvalue weighted by Gasteiger charge is -2.36. The van der Waals surface area contributed by atoms with Crippen LogP contribution in [0.1, 0.15) is 89.8 Å². The van der Waals surface area contributed by atoms with E-state index in [0.29, 0.717) is 30.6 Å². The molecule has 0 radical (unpaired) electrons. The minimum Gasteiger partial charge on any atom is -0.455 e. The molecule has 11 nitrogen and oxygen atoms in total. The molecule has 4 atom stereocenters. The van der Waals surface area contributed by atoms with E-state index in [1.165, 1.54) is 21.7 Å². The quantitative estimate of drug-likeness (QED) is 0.1000. The molecule has 2 aliphatic heterocycles. The number of hydrazine groups is 1. The second kappa shape index (κ2) is 18.9. The van der Waals surface area contributed by atoms with E-state index in [-0.39, 0.29) is 29.8 Å². The fraction of sp³-hybridized carbons (Fsp3) is 0.426. The lowest BCUT2D eigenvalue weighted by atomic mass is 9.89. The van der Waals surface area contributed by atoms with Crippen molar-refractivity contribution < 1.29 is 28.7 Å². The van der Waals surface area contributed by atoms with Crippen molar-refractivity contribution in [2.75, 3.05) is 13.2 Å². The molecule has 0 aliphatic carbocycles. The number of thiol groups is 1. The fourth-order valence-electron chi connectivity index (χ4n) is 7.29. The number of fused-ring (bicyclic) bond motifs is 4. The van der Waals surface area contributed by atoms with Crippen molar-refractivity contribution in [2.45, 2.75) is 108 Å². The molecule has 1 saturated heterocycles. The van der Waals surface area contributed by atoms with Gasteiger partial charge in [-0.3, -0.25) is 24.2 Å². The van der Waals surface area contributed by atoms with Gasteiger partial charge in [0, 0.05) is 30.1 Å². The number of hydrogen-bond donors (Lipinski definition) is 3. The van der Waals surface area contributed by atoms with Gasteiger partial charge in [-0.15, -0.1) is 0 Å². The Labute approximate surface area is 352 Å². The topological polar surface area (TPSA) is 139 Å². The number of benzene rings is 3. The number of ether oxygens (including phenoxy) is 2. The molecule has 3 amide bonds. The van der Waals surface area contributed by atoms with Gasteiger partial charge < -0.3 is 20.1 Å². The molecule has 6 rings (SSSR count). The number of aromatic nitrogens is 1. The van der Waals surface area contributed by atoms with Crippen LogP contribution in [0.25, 0.3) is 17.0 Å². The van der Waals surface area contributed by atoms with E-state index in [1.54, 1.807) is 26.8 Å². The van der Waals surface area contributed by atoms with Gasteiger partial charge in [0.1, 0.15) is 29.0 Å². The zero-order valence-electron chi connectivity index (χ0n) is 35.2. The number of amides is 3. The number of carbonyl (C=O) groups excluding carboxylic acids is 4. The number of esters is 1. The van der Waals surface area contributed by atoms with E-state index in [0.717, 1.165) is 28.5 Å². The fourth-order valence-corrected chi connectivity index (χ4v) is 8.56. The Bertz CT molecular complexity index is 2170. The van der Waals surface area contributed by atoms with Crippen LogP contribution in [0.15, 0.2) is 95.9 Å². The van der Waals surface area contributed by atoms with E-state index >= 15 is 0 Å². The predicted molar refractivity (Wildman–Crippen MR) is 233 cm³/mol. The molecule has 1 fully saturated rings. The highest BCUT2D eigenvalue weighted by molar-refractivity contribution is 7.80. The predicted octanol–water partition coefficient (Wildman–Crippen LogP) is 6.43. The summed E-state index contributed by atoms with van der Waals surface area (Å²) in [7, 11) is 0. The van der Waals surface area contributed by atoms with Gasteiger partial charge in [-0.1, -0.05) is 86.7 Å². The van der Waals surface area contributed by atoms with Gasteiger partial charge in [0.15, 0.2) is 4.90 Å². The van der Waals surface area contributed by atoms with Gasteiger partial charge >= 0.3 is 5.97 Å². The molecular formula is C47H58N5O6S+. The molecule has 2 aliphatic rings. The number of hydrogen-bond acceptors (Lipinski definition) is 8. The van der Waals surface area contributed by atoms with Gasteiger partial charge in [-0.2, -0.15) is 0 Å². The minimum atomic E-state index is -1.13. The van der Waals surface area contributed by atoms with Crippen molar-refractivity contribution >= 4 is 52.4 Å². The molecule has 312 valence electrons. The third kappa shape index (κ3) is 11.4. The molecule has 3 N–H and O–H groups in total. The molecular weight excluding hydrogens is 763 g/mol. The van der Waals surface area contributed by atoms with Crippen molar-refractivity contribution in [1.82, 2.24) is 26.1 Å². The monoisotopic (exact) mass is 820 g/mol. The first-order valence-electron chi connectivity index (χ1n) is 20.5. The first kappa shape index (κ1) is 43.5. The zero-order valence-corrected chi connectivity index (χ0v) is 36.1. The number of rotatable bonds is 9. The minimum absolute atomic E-state index is 0.0644. The molecule has 5 bridgehead atoms. The summed E-state index contributed by atoms with van der Waals surface area (Å²) in [6.45, 7) is 13.9. The van der Waals surface area contributed by atoms with Crippen LogP contribution in [0.5, 0.6) is 0 Å². The molecule has 3 heterocycles. The van der Waals surface area contributed by atoms with Gasteiger partial charge in [0.2, 0.25) is 11.8 Å². The van der Waals surface area contributed by atoms with Crippen LogP contribution in [0.2, 0.25) is 0 Å². The van der Waals surface area contributed by atoms with Gasteiger partial charge in [0.05, 0.1) is 29.8 Å². The first-order valence-corrected chi connectivity index (χ1v) is 21.4. The van der Waals surface area contributed by atoms with Crippen LogP contribution in [0.3, 0.4) is 0 Å². The highest BCUT2D eigenvalue weighted by Crippen LogP contribution is 2.27. The average molecular weight is 821 g/mol. The third-order valence-electron chi connectivity index (χ3n) is 10.8. The van der Waals surface area contributed by atoms with E-state index in [2.05, 4.69) is 60.2 Å². The highest BCUT2D eigenvalue weighted by Gasteiger charge is 2.37. The van der Waals surface area contributed by atoms with Crippen LogP contribution in [-0.2, 0) is 53.4 Å². The number of nitrogens with one attached hydrogen (secondary N) is 3. The first-order chi connectivity index (χ1) is 28.1. The average Bonchev–Trinajstić information content (AvgIpc) is 3.21. The van der Waals surface area contributed by atoms with Crippen LogP contribution >= 0.6 is 0 Å². The van der Waals surface area contributed by atoms with Crippen molar-refractivity contribution in [2.24, 2.45) is 11.3 Å². The van der Waals surface area contributed by atoms with Crippen LogP contribution in [0, 0.1) is 11.3 Å². The number of pyridine rings is 1. The Hall–Kier alpha value is -5.04. The SMILES string of the molecule is CC(C)C1NC(=O)C(C)(C)/C=C/c2ccc3ccc(nc3c2)[C@@H](C)OC(=O)[C@@H]2CCCN(N2)C(=O)C(COCc2ccccc2CC(C)(C)[SH+]c2ccccc2)NC1=O. The Kier molecular flexibility index (Phi) is 14.0. The normalized spacial score (nSPS) is 22.5. The Balaban J connectivity index is 1.25. The molecule has 0 saturated carbocycles. The second-order valence-corrected chi connectivity index (χ2v) is 19.1. The summed E-state index contributed by atoms with van der Waals surface area (Å²) in [5.41, 5.74) is 6.35. The Morgan fingerprint density at radius 2 is 1.66 bits per heavy atom. The molecule has 4 aromatic rings. The highest BCUT2D eigenvalue weighted by atomic mass is 32.2. The summed E-state index contributed by atoms with van der Waals surface area (Å²) >= 11 is 1.21.